The molecule has 0 spiro atoms. The van der Waals surface area contributed by atoms with Gasteiger partial charge in [-0.3, -0.25) is 14.5 Å². The molecule has 0 aromatic heterocycles. The molecule has 1 saturated heterocycles. The number of nitrogens with one attached hydrogen (secondary N) is 2. The summed E-state index contributed by atoms with van der Waals surface area (Å²) in [7, 11) is 0. The molecular formula is C20H29ClF3N3O2. The number of piperidine rings is 1. The van der Waals surface area contributed by atoms with Crippen LogP contribution in [0.25, 0.3) is 0 Å². The molecule has 0 radical (unpaired) electrons. The fourth-order valence-electron chi connectivity index (χ4n) is 3.24. The molecule has 2 rings (SSSR count). The summed E-state index contributed by atoms with van der Waals surface area (Å²) in [6.45, 7) is 5.54. The van der Waals surface area contributed by atoms with Gasteiger partial charge in [-0.25, -0.2) is 0 Å². The van der Waals surface area contributed by atoms with Crippen molar-refractivity contribution in [3.8, 4) is 0 Å². The van der Waals surface area contributed by atoms with E-state index in [-0.39, 0.29) is 29.7 Å². The third-order valence-electron chi connectivity index (χ3n) is 5.47. The van der Waals surface area contributed by atoms with Gasteiger partial charge in [-0.1, -0.05) is 25.2 Å². The largest absolute Gasteiger partial charge is 0.410 e. The van der Waals surface area contributed by atoms with E-state index in [0.717, 1.165) is 26.7 Å². The number of halogens is 4. The van der Waals surface area contributed by atoms with Gasteiger partial charge in [0.1, 0.15) is 5.54 Å². The molecular weight excluding hydrogens is 407 g/mol. The van der Waals surface area contributed by atoms with Crippen LogP contribution >= 0.6 is 11.6 Å². The van der Waals surface area contributed by atoms with Crippen molar-refractivity contribution in [2.45, 2.75) is 50.7 Å². The van der Waals surface area contributed by atoms with E-state index in [4.69, 9.17) is 11.6 Å². The first-order valence-corrected chi connectivity index (χ1v) is 10.2. The predicted molar refractivity (Wildman–Crippen MR) is 106 cm³/mol. The molecule has 0 bridgehead atoms. The van der Waals surface area contributed by atoms with E-state index in [0.29, 0.717) is 25.2 Å². The molecule has 1 fully saturated rings. The molecule has 2 aliphatic rings. The number of allylic oxidation sites excluding steroid dienone is 2. The van der Waals surface area contributed by atoms with Crippen LogP contribution in [0.1, 0.15) is 33.6 Å². The zero-order chi connectivity index (χ0) is 21.8. The Labute approximate surface area is 174 Å². The third-order valence-corrected chi connectivity index (χ3v) is 5.99. The Morgan fingerprint density at radius 3 is 2.41 bits per heavy atom. The van der Waals surface area contributed by atoms with Gasteiger partial charge in [0.15, 0.2) is 0 Å². The topological polar surface area (TPSA) is 61.4 Å². The van der Waals surface area contributed by atoms with Gasteiger partial charge in [0, 0.05) is 12.1 Å². The van der Waals surface area contributed by atoms with E-state index in [1.54, 1.807) is 12.2 Å². The number of carbonyl (C=O) groups excluding carboxylic acids is 2. The molecule has 2 amide bonds. The van der Waals surface area contributed by atoms with Crippen molar-refractivity contribution in [3.63, 3.8) is 0 Å². The van der Waals surface area contributed by atoms with Crippen LogP contribution in [0.3, 0.4) is 0 Å². The molecule has 5 nitrogen and oxygen atoms in total. The van der Waals surface area contributed by atoms with E-state index in [1.807, 2.05) is 17.9 Å². The molecule has 1 aliphatic carbocycles. The van der Waals surface area contributed by atoms with Crippen LogP contribution in [0.15, 0.2) is 23.8 Å². The van der Waals surface area contributed by atoms with E-state index in [2.05, 4.69) is 10.6 Å². The van der Waals surface area contributed by atoms with Crippen LogP contribution in [-0.4, -0.2) is 60.0 Å². The zero-order valence-corrected chi connectivity index (χ0v) is 17.7. The van der Waals surface area contributed by atoms with Crippen molar-refractivity contribution in [1.29, 1.82) is 0 Å². The Hall–Kier alpha value is -1.54. The first-order valence-electron chi connectivity index (χ1n) is 9.81. The molecule has 164 valence electrons. The monoisotopic (exact) mass is 435 g/mol. The van der Waals surface area contributed by atoms with Crippen molar-refractivity contribution >= 4 is 23.4 Å². The maximum absolute atomic E-state index is 12.9. The number of rotatable bonds is 6. The second-order valence-electron chi connectivity index (χ2n) is 8.39. The van der Waals surface area contributed by atoms with Crippen LogP contribution in [0, 0.1) is 11.8 Å². The van der Waals surface area contributed by atoms with E-state index in [9.17, 15) is 22.8 Å². The highest BCUT2D eigenvalue weighted by atomic mass is 35.5. The van der Waals surface area contributed by atoms with E-state index in [1.165, 1.54) is 0 Å². The van der Waals surface area contributed by atoms with Crippen LogP contribution < -0.4 is 10.6 Å². The molecule has 1 aliphatic heterocycles. The Morgan fingerprint density at radius 1 is 1.24 bits per heavy atom. The van der Waals surface area contributed by atoms with Gasteiger partial charge < -0.3 is 10.6 Å². The lowest BCUT2D eigenvalue weighted by Crippen LogP contribution is -2.56. The minimum absolute atomic E-state index is 0.0639. The summed E-state index contributed by atoms with van der Waals surface area (Å²) in [5, 5.41) is 4.78. The lowest BCUT2D eigenvalue weighted by molar-refractivity contribution is -0.188. The molecule has 0 aromatic carbocycles. The van der Waals surface area contributed by atoms with Crippen molar-refractivity contribution < 1.29 is 22.8 Å². The highest BCUT2D eigenvalue weighted by Gasteiger charge is 2.48. The van der Waals surface area contributed by atoms with E-state index < -0.39 is 17.6 Å². The van der Waals surface area contributed by atoms with Crippen molar-refractivity contribution in [1.82, 2.24) is 15.5 Å². The first-order chi connectivity index (χ1) is 13.4. The van der Waals surface area contributed by atoms with Gasteiger partial charge in [0.05, 0.1) is 11.9 Å². The Balaban J connectivity index is 1.71. The number of carbonyl (C=O) groups is 2. The number of hydrogen-bond donors (Lipinski definition) is 2. The summed E-state index contributed by atoms with van der Waals surface area (Å²) < 4.78 is 38.6. The minimum Gasteiger partial charge on any atom is -0.352 e. The smallest absolute Gasteiger partial charge is 0.352 e. The molecule has 2 atom stereocenters. The van der Waals surface area contributed by atoms with Crippen LogP contribution in [0.4, 0.5) is 13.2 Å². The Morgan fingerprint density at radius 2 is 1.86 bits per heavy atom. The molecule has 0 aromatic rings. The van der Waals surface area contributed by atoms with Crippen LogP contribution in [0.2, 0.25) is 0 Å². The fourth-order valence-corrected chi connectivity index (χ4v) is 3.46. The Kier molecular flexibility index (Phi) is 7.79. The lowest BCUT2D eigenvalue weighted by atomic mass is 9.95. The second-order valence-corrected chi connectivity index (χ2v) is 8.89. The lowest BCUT2D eigenvalue weighted by Gasteiger charge is -2.33. The quantitative estimate of drug-likeness (QED) is 0.630. The Bertz CT molecular complexity index is 668. The number of hydrogen-bond acceptors (Lipinski definition) is 3. The zero-order valence-electron chi connectivity index (χ0n) is 17.0. The van der Waals surface area contributed by atoms with Gasteiger partial charge in [0.25, 0.3) is 5.91 Å². The maximum Gasteiger partial charge on any atom is 0.410 e. The summed E-state index contributed by atoms with van der Waals surface area (Å²) in [6, 6.07) is 0. The summed E-state index contributed by atoms with van der Waals surface area (Å²) in [5.41, 5.74) is -1.70. The highest BCUT2D eigenvalue weighted by molar-refractivity contribution is 6.22. The molecule has 29 heavy (non-hydrogen) atoms. The predicted octanol–water partition coefficient (Wildman–Crippen LogP) is 3.01. The van der Waals surface area contributed by atoms with Crippen LogP contribution in [-0.2, 0) is 9.59 Å². The summed E-state index contributed by atoms with van der Waals surface area (Å²) in [5.74, 6) is -0.338. The SMILES string of the molecule is CC1C=CC(C(=O)NCC2CCN(CC(=O)NC(C)(C)C(F)(F)F)CC2)=CC1Cl. The standard InChI is InChI=1S/C20H29ClF3N3O2/c1-13-4-5-15(10-16(13)21)18(29)25-11-14-6-8-27(9-7-14)12-17(28)26-19(2,3)20(22,23)24/h4-5,10,13-14,16H,6-9,11-12H2,1-3H3,(H,25,29)(H,26,28). The average Bonchev–Trinajstić information content (AvgIpc) is 2.61. The number of alkyl halides is 4. The average molecular weight is 436 g/mol. The van der Waals surface area contributed by atoms with Gasteiger partial charge >= 0.3 is 6.18 Å². The van der Waals surface area contributed by atoms with Gasteiger partial charge in [-0.15, -0.1) is 11.6 Å². The van der Waals surface area contributed by atoms with Crippen LogP contribution in [0.5, 0.6) is 0 Å². The molecule has 1 heterocycles. The van der Waals surface area contributed by atoms with Gasteiger partial charge in [-0.05, 0) is 51.6 Å². The van der Waals surface area contributed by atoms with Crippen molar-refractivity contribution in [2.75, 3.05) is 26.2 Å². The van der Waals surface area contributed by atoms with Gasteiger partial charge in [0.2, 0.25) is 5.91 Å². The second kappa shape index (κ2) is 9.51. The van der Waals surface area contributed by atoms with E-state index >= 15 is 0 Å². The molecule has 2 N–H and O–H groups in total. The summed E-state index contributed by atoms with van der Waals surface area (Å²) in [6.07, 6.45) is 2.48. The minimum atomic E-state index is -4.50. The van der Waals surface area contributed by atoms with Gasteiger partial charge in [-0.2, -0.15) is 13.2 Å². The highest BCUT2D eigenvalue weighted by Crippen LogP contribution is 2.29. The number of likely N-dealkylation sites (tertiary alicyclic amines) is 1. The molecule has 9 heteroatoms. The number of amides is 2. The molecule has 2 unspecified atom stereocenters. The summed E-state index contributed by atoms with van der Waals surface area (Å²) >= 11 is 6.17. The maximum atomic E-state index is 12.9. The number of nitrogens with zero attached hydrogens (tertiary/aromatic N) is 1. The third kappa shape index (κ3) is 6.74. The summed E-state index contributed by atoms with van der Waals surface area (Å²) in [4.78, 5) is 26.1. The normalized spacial score (nSPS) is 24.2. The molecule has 0 saturated carbocycles. The first kappa shape index (κ1) is 23.7. The van der Waals surface area contributed by atoms with Crippen molar-refractivity contribution in [3.05, 3.63) is 23.8 Å². The fraction of sp³-hybridized carbons (Fsp3) is 0.700. The van der Waals surface area contributed by atoms with Crippen molar-refractivity contribution in [2.24, 2.45) is 11.8 Å².